The number of quaternary nitrogens is 1. The molecule has 66 valence electrons. The van der Waals surface area contributed by atoms with E-state index in [2.05, 4.69) is 21.1 Å². The van der Waals surface area contributed by atoms with Crippen LogP contribution in [-0.4, -0.2) is 44.6 Å². The summed E-state index contributed by atoms with van der Waals surface area (Å²) in [5, 5.41) is 0. The minimum atomic E-state index is -1.52. The SMILES string of the molecule is C/C=[P+](\[O-])OCC[N+](C)(C)C. The molecule has 11 heavy (non-hydrogen) atoms. The predicted octanol–water partition coefficient (Wildman–Crippen LogP) is 0.203. The van der Waals surface area contributed by atoms with Crippen molar-refractivity contribution in [2.75, 3.05) is 34.3 Å². The molecular formula is C7H17NO2P+. The zero-order valence-corrected chi connectivity index (χ0v) is 8.60. The average Bonchev–Trinajstić information content (AvgIpc) is 1.85. The van der Waals surface area contributed by atoms with Gasteiger partial charge >= 0.3 is 0 Å². The van der Waals surface area contributed by atoms with Gasteiger partial charge in [0.2, 0.25) is 8.00 Å². The van der Waals surface area contributed by atoms with E-state index in [0.29, 0.717) is 6.61 Å². The maximum Gasteiger partial charge on any atom is 0.216 e. The summed E-state index contributed by atoms with van der Waals surface area (Å²) in [6.07, 6.45) is 0. The van der Waals surface area contributed by atoms with Crippen molar-refractivity contribution in [2.24, 2.45) is 0 Å². The Morgan fingerprint density at radius 1 is 1.45 bits per heavy atom. The van der Waals surface area contributed by atoms with E-state index in [1.165, 1.54) is 0 Å². The zero-order valence-electron chi connectivity index (χ0n) is 7.70. The van der Waals surface area contributed by atoms with Crippen LogP contribution in [-0.2, 0) is 4.52 Å². The third-order valence-corrected chi connectivity index (χ3v) is 2.05. The molecule has 0 spiro atoms. The lowest BCUT2D eigenvalue weighted by molar-refractivity contribution is -0.870. The van der Waals surface area contributed by atoms with Crippen LogP contribution in [0.4, 0.5) is 0 Å². The fraction of sp³-hybridized carbons (Fsp3) is 0.857. The minimum absolute atomic E-state index is 0.559. The lowest BCUT2D eigenvalue weighted by atomic mass is 10.5. The van der Waals surface area contributed by atoms with Crippen molar-refractivity contribution >= 4 is 13.8 Å². The van der Waals surface area contributed by atoms with Crippen LogP contribution in [0.15, 0.2) is 0 Å². The number of rotatable bonds is 4. The van der Waals surface area contributed by atoms with Crippen molar-refractivity contribution in [1.82, 2.24) is 0 Å². The molecule has 0 aromatic heterocycles. The Kier molecular flexibility index (Phi) is 4.86. The molecule has 0 saturated heterocycles. The summed E-state index contributed by atoms with van der Waals surface area (Å²) in [6, 6.07) is 0. The Balaban J connectivity index is 3.43. The minimum Gasteiger partial charge on any atom is -0.603 e. The summed E-state index contributed by atoms with van der Waals surface area (Å²) in [4.78, 5) is 10.8. The molecule has 0 amide bonds. The molecule has 0 rings (SSSR count). The summed E-state index contributed by atoms with van der Waals surface area (Å²) in [5.41, 5.74) is 0. The first kappa shape index (κ1) is 11.1. The number of likely N-dealkylation sites (N-methyl/N-ethyl adjacent to an activating group) is 1. The molecule has 0 aliphatic rings. The zero-order chi connectivity index (χ0) is 8.91. The first-order valence-corrected chi connectivity index (χ1v) is 4.89. The summed E-state index contributed by atoms with van der Waals surface area (Å²) >= 11 is 0. The van der Waals surface area contributed by atoms with Crippen LogP contribution in [0.3, 0.4) is 0 Å². The van der Waals surface area contributed by atoms with Gasteiger partial charge in [0, 0.05) is 0 Å². The maximum atomic E-state index is 10.8. The Labute approximate surface area is 69.7 Å². The highest BCUT2D eigenvalue weighted by Crippen LogP contribution is 2.09. The van der Waals surface area contributed by atoms with Crippen LogP contribution in [0.1, 0.15) is 6.92 Å². The van der Waals surface area contributed by atoms with Gasteiger partial charge in [-0.2, -0.15) is 4.52 Å². The van der Waals surface area contributed by atoms with Crippen molar-refractivity contribution in [2.45, 2.75) is 6.92 Å². The molecule has 0 aromatic rings. The first-order valence-electron chi connectivity index (χ1n) is 3.65. The largest absolute Gasteiger partial charge is 0.603 e. The fourth-order valence-corrected chi connectivity index (χ4v) is 0.890. The van der Waals surface area contributed by atoms with Gasteiger partial charge in [-0.05, 0) is 6.92 Å². The Bertz CT molecular complexity index is 140. The molecule has 1 unspecified atom stereocenters. The van der Waals surface area contributed by atoms with Crippen LogP contribution in [0.25, 0.3) is 0 Å². The van der Waals surface area contributed by atoms with Crippen molar-refractivity contribution in [3.05, 3.63) is 0 Å². The number of hydrogen-bond donors (Lipinski definition) is 0. The van der Waals surface area contributed by atoms with Gasteiger partial charge in [-0.25, -0.2) is 0 Å². The lowest BCUT2D eigenvalue weighted by Gasteiger charge is -2.22. The fourth-order valence-electron chi connectivity index (χ4n) is 0.479. The molecule has 0 aliphatic carbocycles. The summed E-state index contributed by atoms with van der Waals surface area (Å²) < 4.78 is 5.85. The quantitative estimate of drug-likeness (QED) is 0.455. The van der Waals surface area contributed by atoms with Gasteiger partial charge in [-0.15, -0.1) is 0 Å². The summed E-state index contributed by atoms with van der Waals surface area (Å²) in [5.74, 6) is 1.57. The van der Waals surface area contributed by atoms with E-state index in [1.807, 2.05) is 0 Å². The monoisotopic (exact) mass is 178 g/mol. The van der Waals surface area contributed by atoms with Crippen LogP contribution in [0.5, 0.6) is 0 Å². The molecule has 1 atom stereocenters. The van der Waals surface area contributed by atoms with Gasteiger partial charge in [-0.1, -0.05) is 0 Å². The molecule has 0 fully saturated rings. The number of hydrogen-bond acceptors (Lipinski definition) is 2. The van der Waals surface area contributed by atoms with E-state index >= 15 is 0 Å². The second-order valence-electron chi connectivity index (χ2n) is 3.39. The normalized spacial score (nSPS) is 13.7. The van der Waals surface area contributed by atoms with Crippen molar-refractivity contribution in [3.8, 4) is 0 Å². The third kappa shape index (κ3) is 7.95. The molecule has 0 aromatic carbocycles. The van der Waals surface area contributed by atoms with E-state index in [0.717, 1.165) is 11.0 Å². The van der Waals surface area contributed by atoms with Gasteiger partial charge in [0.05, 0.1) is 21.1 Å². The highest BCUT2D eigenvalue weighted by Gasteiger charge is 2.07. The van der Waals surface area contributed by atoms with E-state index in [9.17, 15) is 4.89 Å². The van der Waals surface area contributed by atoms with Crippen LogP contribution >= 0.6 is 8.00 Å². The molecule has 3 nitrogen and oxygen atoms in total. The van der Waals surface area contributed by atoms with Gasteiger partial charge < -0.3 is 9.38 Å². The third-order valence-electron chi connectivity index (χ3n) is 1.19. The van der Waals surface area contributed by atoms with Crippen molar-refractivity contribution in [1.29, 1.82) is 0 Å². The van der Waals surface area contributed by atoms with Gasteiger partial charge in [0.1, 0.15) is 18.9 Å². The highest BCUT2D eigenvalue weighted by atomic mass is 31.1. The molecular weight excluding hydrogens is 161 g/mol. The van der Waals surface area contributed by atoms with E-state index < -0.39 is 8.00 Å². The molecule has 0 saturated carbocycles. The summed E-state index contributed by atoms with van der Waals surface area (Å²) in [6.45, 7) is 3.18. The lowest BCUT2D eigenvalue weighted by Crippen LogP contribution is -2.37. The van der Waals surface area contributed by atoms with Crippen molar-refractivity contribution in [3.63, 3.8) is 0 Å². The van der Waals surface area contributed by atoms with Gasteiger partial charge in [0.25, 0.3) is 0 Å². The second-order valence-corrected chi connectivity index (χ2v) is 4.74. The van der Waals surface area contributed by atoms with Crippen LogP contribution in [0, 0.1) is 0 Å². The molecule has 0 bridgehead atoms. The smallest absolute Gasteiger partial charge is 0.216 e. The molecule has 0 radical (unpaired) electrons. The van der Waals surface area contributed by atoms with Gasteiger partial charge in [-0.3, -0.25) is 0 Å². The Morgan fingerprint density at radius 3 is 2.36 bits per heavy atom. The highest BCUT2D eigenvalue weighted by molar-refractivity contribution is 7.44. The van der Waals surface area contributed by atoms with Crippen molar-refractivity contribution < 1.29 is 13.9 Å². The maximum absolute atomic E-state index is 10.8. The van der Waals surface area contributed by atoms with E-state index in [1.54, 1.807) is 12.7 Å². The summed E-state index contributed by atoms with van der Waals surface area (Å²) in [7, 11) is 4.71. The van der Waals surface area contributed by atoms with Crippen LogP contribution < -0.4 is 4.89 Å². The molecule has 0 N–H and O–H groups in total. The molecule has 0 aliphatic heterocycles. The molecule has 4 heteroatoms. The first-order chi connectivity index (χ1) is 4.95. The predicted molar refractivity (Wildman–Crippen MR) is 47.5 cm³/mol. The topological polar surface area (TPSA) is 32.3 Å². The second kappa shape index (κ2) is 4.83. The van der Waals surface area contributed by atoms with Crippen LogP contribution in [0.2, 0.25) is 0 Å². The number of nitrogens with zero attached hydrogens (tertiary/aromatic N) is 1. The standard InChI is InChI=1S/C7H17NO2P/c1-5-11(9)10-7-6-8(2,3)4/h5H,6-7H2,1-4H3/q+1. The average molecular weight is 178 g/mol. The van der Waals surface area contributed by atoms with Gasteiger partial charge in [0.15, 0.2) is 0 Å². The van der Waals surface area contributed by atoms with E-state index in [-0.39, 0.29) is 0 Å². The Morgan fingerprint density at radius 2 is 2.00 bits per heavy atom. The Hall–Kier alpha value is 0.0500. The molecule has 0 heterocycles. The van der Waals surface area contributed by atoms with E-state index in [4.69, 9.17) is 4.52 Å².